The van der Waals surface area contributed by atoms with Crippen LogP contribution in [-0.4, -0.2) is 23.3 Å². The standard InChI is InChI=1S/C76H44N6/c77-45-46-33-35-51(36-34-46)68-73(79-60-29-13-9-25-56(60)69-52-21-5-1-17-47(52)37-41-64(69)79)75(81-62-31-15-11-27-58(62)71-54-23-7-3-19-49(54)39-43-66(71)81)78-76(82-63-32-16-12-28-59(63)72-55-24-8-4-20-50(55)40-44-67(72)82)74(68)80-61-30-14-10-26-57(61)70-53-22-6-2-18-48(53)38-42-65(70)80/h1-44H. The molecule has 13 aromatic carbocycles. The summed E-state index contributed by atoms with van der Waals surface area (Å²) in [7, 11) is 0. The Morgan fingerprint density at radius 1 is 0.256 bits per heavy atom. The molecule has 0 aliphatic rings. The summed E-state index contributed by atoms with van der Waals surface area (Å²) in [6.45, 7) is 0. The van der Waals surface area contributed by atoms with Gasteiger partial charge in [0.2, 0.25) is 0 Å². The molecule has 5 aromatic heterocycles. The normalized spacial score (nSPS) is 12.1. The van der Waals surface area contributed by atoms with Crippen molar-refractivity contribution in [2.24, 2.45) is 0 Å². The number of nitriles is 1. The van der Waals surface area contributed by atoms with Crippen LogP contribution in [0.25, 0.3) is 164 Å². The van der Waals surface area contributed by atoms with Gasteiger partial charge in [-0.15, -0.1) is 0 Å². The van der Waals surface area contributed by atoms with Crippen molar-refractivity contribution < 1.29 is 0 Å². The molecule has 0 unspecified atom stereocenters. The van der Waals surface area contributed by atoms with E-state index in [0.717, 1.165) is 111 Å². The van der Waals surface area contributed by atoms with E-state index in [1.165, 1.54) is 53.9 Å². The van der Waals surface area contributed by atoms with Crippen LogP contribution in [0.15, 0.2) is 267 Å². The van der Waals surface area contributed by atoms with E-state index in [1.807, 2.05) is 12.1 Å². The van der Waals surface area contributed by atoms with Crippen LogP contribution >= 0.6 is 0 Å². The molecular weight excluding hydrogens is 997 g/mol. The highest BCUT2D eigenvalue weighted by Gasteiger charge is 2.33. The second-order valence-electron chi connectivity index (χ2n) is 21.7. The van der Waals surface area contributed by atoms with E-state index in [-0.39, 0.29) is 0 Å². The Hall–Kier alpha value is -11.3. The minimum Gasteiger partial charge on any atom is -0.305 e. The first kappa shape index (κ1) is 44.7. The van der Waals surface area contributed by atoms with Crippen LogP contribution in [0.3, 0.4) is 0 Å². The number of pyridine rings is 1. The Morgan fingerprint density at radius 2 is 0.537 bits per heavy atom. The maximum absolute atomic E-state index is 10.6. The predicted octanol–water partition coefficient (Wildman–Crippen LogP) is 19.6. The van der Waals surface area contributed by atoms with Gasteiger partial charge in [-0.05, 0) is 109 Å². The third kappa shape index (κ3) is 6.03. The molecule has 6 heteroatoms. The van der Waals surface area contributed by atoms with Crippen LogP contribution in [0.1, 0.15) is 5.56 Å². The molecule has 0 fully saturated rings. The Bertz CT molecular complexity index is 5510. The van der Waals surface area contributed by atoms with E-state index in [2.05, 4.69) is 279 Å². The predicted molar refractivity (Wildman–Crippen MR) is 342 cm³/mol. The molecule has 5 heterocycles. The van der Waals surface area contributed by atoms with Gasteiger partial charge in [-0.1, -0.05) is 206 Å². The van der Waals surface area contributed by atoms with Crippen LogP contribution in [0.2, 0.25) is 0 Å². The summed E-state index contributed by atoms with van der Waals surface area (Å²) in [5.41, 5.74) is 12.6. The first-order chi connectivity index (χ1) is 40.7. The first-order valence-corrected chi connectivity index (χ1v) is 27.9. The first-order valence-electron chi connectivity index (χ1n) is 27.9. The molecule has 6 nitrogen and oxygen atoms in total. The van der Waals surface area contributed by atoms with Crippen molar-refractivity contribution in [1.82, 2.24) is 23.3 Å². The molecule has 0 saturated heterocycles. The van der Waals surface area contributed by atoms with Crippen LogP contribution < -0.4 is 0 Å². The highest BCUT2D eigenvalue weighted by Crippen LogP contribution is 2.51. The monoisotopic (exact) mass is 1040 g/mol. The number of para-hydroxylation sites is 4. The molecule has 0 radical (unpaired) electrons. The van der Waals surface area contributed by atoms with Gasteiger partial charge in [0.05, 0.1) is 55.8 Å². The second-order valence-corrected chi connectivity index (χ2v) is 21.7. The summed E-state index contributed by atoms with van der Waals surface area (Å²) in [4.78, 5) is 6.53. The quantitative estimate of drug-likeness (QED) is 0.172. The summed E-state index contributed by atoms with van der Waals surface area (Å²) in [6.07, 6.45) is 0. The Kier molecular flexibility index (Phi) is 9.20. The molecular formula is C76H44N6. The maximum Gasteiger partial charge on any atom is 0.165 e. The van der Waals surface area contributed by atoms with Gasteiger partial charge in [0.15, 0.2) is 11.6 Å². The molecule has 0 aliphatic carbocycles. The summed E-state index contributed by atoms with van der Waals surface area (Å²) in [5.74, 6) is 1.52. The summed E-state index contributed by atoms with van der Waals surface area (Å²) < 4.78 is 9.89. The van der Waals surface area contributed by atoms with Crippen molar-refractivity contribution in [1.29, 1.82) is 5.26 Å². The van der Waals surface area contributed by atoms with Crippen molar-refractivity contribution in [3.05, 3.63) is 272 Å². The fraction of sp³-hybridized carbons (Fsp3) is 0. The van der Waals surface area contributed by atoms with Crippen LogP contribution in [0.5, 0.6) is 0 Å². The average molecular weight is 1040 g/mol. The molecule has 0 saturated carbocycles. The van der Waals surface area contributed by atoms with Crippen LogP contribution in [0.4, 0.5) is 0 Å². The summed E-state index contributed by atoms with van der Waals surface area (Å²) >= 11 is 0. The van der Waals surface area contributed by atoms with Crippen molar-refractivity contribution in [2.45, 2.75) is 0 Å². The Morgan fingerprint density at radius 3 is 0.866 bits per heavy atom. The number of aromatic nitrogens is 5. The third-order valence-electron chi connectivity index (χ3n) is 17.5. The van der Waals surface area contributed by atoms with Gasteiger partial charge in [0.1, 0.15) is 11.4 Å². The fourth-order valence-corrected chi connectivity index (χ4v) is 14.2. The molecule has 0 spiro atoms. The minimum atomic E-state index is 0.580. The highest BCUT2D eigenvalue weighted by atomic mass is 15.2. The molecule has 82 heavy (non-hydrogen) atoms. The lowest BCUT2D eigenvalue weighted by atomic mass is 9.99. The number of benzene rings is 13. The van der Waals surface area contributed by atoms with Crippen molar-refractivity contribution in [3.63, 3.8) is 0 Å². The molecule has 0 N–H and O–H groups in total. The fourth-order valence-electron chi connectivity index (χ4n) is 14.2. The van der Waals surface area contributed by atoms with Crippen LogP contribution in [-0.2, 0) is 0 Å². The zero-order chi connectivity index (χ0) is 53.7. The van der Waals surface area contributed by atoms with Gasteiger partial charge in [0, 0.05) is 48.7 Å². The highest BCUT2D eigenvalue weighted by molar-refractivity contribution is 6.26. The molecule has 18 rings (SSSR count). The molecule has 0 amide bonds. The molecule has 18 aromatic rings. The average Bonchev–Trinajstić information content (AvgIpc) is 2.57. The largest absolute Gasteiger partial charge is 0.305 e. The zero-order valence-corrected chi connectivity index (χ0v) is 44.1. The smallest absolute Gasteiger partial charge is 0.165 e. The lowest BCUT2D eigenvalue weighted by Gasteiger charge is -2.27. The van der Waals surface area contributed by atoms with Gasteiger partial charge in [0.25, 0.3) is 0 Å². The van der Waals surface area contributed by atoms with E-state index in [1.54, 1.807) is 0 Å². The van der Waals surface area contributed by atoms with Crippen LogP contribution in [0, 0.1) is 11.3 Å². The topological polar surface area (TPSA) is 56.4 Å². The zero-order valence-electron chi connectivity index (χ0n) is 44.1. The Labute approximate surface area is 469 Å². The van der Waals surface area contributed by atoms with Gasteiger partial charge in [-0.2, -0.15) is 5.26 Å². The number of fused-ring (bicyclic) bond motifs is 20. The van der Waals surface area contributed by atoms with Gasteiger partial charge >= 0.3 is 0 Å². The number of rotatable bonds is 5. The van der Waals surface area contributed by atoms with Crippen molar-refractivity contribution in [3.8, 4) is 40.2 Å². The summed E-state index contributed by atoms with van der Waals surface area (Å²) in [6, 6.07) is 99.4. The Balaban J connectivity index is 1.17. The number of hydrogen-bond donors (Lipinski definition) is 0. The van der Waals surface area contributed by atoms with E-state index >= 15 is 0 Å². The van der Waals surface area contributed by atoms with Gasteiger partial charge < -0.3 is 9.13 Å². The lowest BCUT2D eigenvalue weighted by molar-refractivity contribution is 0.961. The summed E-state index contributed by atoms with van der Waals surface area (Å²) in [5, 5.41) is 29.2. The van der Waals surface area contributed by atoms with Crippen molar-refractivity contribution >= 4 is 130 Å². The van der Waals surface area contributed by atoms with E-state index in [4.69, 9.17) is 4.98 Å². The van der Waals surface area contributed by atoms with Gasteiger partial charge in [-0.3, -0.25) is 9.13 Å². The van der Waals surface area contributed by atoms with Gasteiger partial charge in [-0.25, -0.2) is 4.98 Å². The van der Waals surface area contributed by atoms with Crippen molar-refractivity contribution in [2.75, 3.05) is 0 Å². The molecule has 0 bridgehead atoms. The number of hydrogen-bond acceptors (Lipinski definition) is 2. The lowest BCUT2D eigenvalue weighted by Crippen LogP contribution is -2.16. The second kappa shape index (κ2) is 16.9. The van der Waals surface area contributed by atoms with E-state index < -0.39 is 0 Å². The molecule has 0 atom stereocenters. The van der Waals surface area contributed by atoms with E-state index in [0.29, 0.717) is 5.56 Å². The SMILES string of the molecule is N#Cc1ccc(-c2c(-n3c4ccccc4c4c5ccccc5ccc43)c(-n3c4ccccc4c4c5ccccc5ccc43)nc(-n3c4ccccc4c4c5ccccc5ccc43)c2-n2c3ccccc3c3c4ccccc4ccc32)cc1. The maximum atomic E-state index is 10.6. The molecule has 0 aliphatic heterocycles. The van der Waals surface area contributed by atoms with E-state index in [9.17, 15) is 5.26 Å². The molecule has 378 valence electrons. The third-order valence-corrected chi connectivity index (χ3v) is 17.5. The number of nitrogens with zero attached hydrogens (tertiary/aromatic N) is 6. The minimum absolute atomic E-state index is 0.580.